The lowest BCUT2D eigenvalue weighted by atomic mass is 10.1. The highest BCUT2D eigenvalue weighted by Crippen LogP contribution is 2.37. The van der Waals surface area contributed by atoms with Crippen molar-refractivity contribution >= 4 is 21.6 Å². The van der Waals surface area contributed by atoms with Crippen molar-refractivity contribution in [2.45, 2.75) is 27.0 Å². The highest BCUT2D eigenvalue weighted by molar-refractivity contribution is 9.10. The van der Waals surface area contributed by atoms with Crippen LogP contribution < -0.4 is 14.8 Å². The van der Waals surface area contributed by atoms with E-state index < -0.39 is 0 Å². The molecule has 3 nitrogen and oxygen atoms in total. The van der Waals surface area contributed by atoms with Crippen molar-refractivity contribution in [3.8, 4) is 11.5 Å². The molecule has 0 aromatic heterocycles. The fraction of sp³-hybridized carbons (Fsp3) is 0.217. The number of anilines is 1. The molecule has 0 radical (unpaired) electrons. The summed E-state index contributed by atoms with van der Waals surface area (Å²) in [6, 6.07) is 16.5. The summed E-state index contributed by atoms with van der Waals surface area (Å²) < 4.78 is 25.3. The Balaban J connectivity index is 1.73. The lowest BCUT2D eigenvalue weighted by Crippen LogP contribution is -2.04. The van der Waals surface area contributed by atoms with E-state index in [1.165, 1.54) is 23.3 Å². The van der Waals surface area contributed by atoms with E-state index in [9.17, 15) is 4.39 Å². The van der Waals surface area contributed by atoms with Gasteiger partial charge in [-0.2, -0.15) is 0 Å². The lowest BCUT2D eigenvalue weighted by molar-refractivity contribution is 0.282. The molecule has 0 atom stereocenters. The standard InChI is InChI=1S/C23H23BrFNO2/c1-15-5-4-6-21(16(15)2)26-13-18-11-20(24)23(22(12-18)27-3)28-14-17-7-9-19(25)10-8-17/h4-12,26H,13-14H2,1-3H3. The SMILES string of the molecule is COc1cc(CNc2cccc(C)c2C)cc(Br)c1OCc1ccc(F)cc1. The number of halogens is 2. The second-order valence-electron chi connectivity index (χ2n) is 6.63. The molecule has 1 N–H and O–H groups in total. The Morgan fingerprint density at radius 1 is 1.00 bits per heavy atom. The zero-order chi connectivity index (χ0) is 20.1. The van der Waals surface area contributed by atoms with E-state index in [1.54, 1.807) is 19.2 Å². The van der Waals surface area contributed by atoms with Crippen LogP contribution in [-0.2, 0) is 13.2 Å². The predicted octanol–water partition coefficient (Wildman–Crippen LogP) is 6.40. The van der Waals surface area contributed by atoms with Gasteiger partial charge in [-0.3, -0.25) is 0 Å². The van der Waals surface area contributed by atoms with Crippen molar-refractivity contribution < 1.29 is 13.9 Å². The van der Waals surface area contributed by atoms with Gasteiger partial charge in [-0.05, 0) is 82.4 Å². The monoisotopic (exact) mass is 443 g/mol. The summed E-state index contributed by atoms with van der Waals surface area (Å²) >= 11 is 3.58. The van der Waals surface area contributed by atoms with E-state index in [1.807, 2.05) is 18.2 Å². The van der Waals surface area contributed by atoms with Crippen LogP contribution in [0.25, 0.3) is 0 Å². The number of ether oxygens (including phenoxy) is 2. The van der Waals surface area contributed by atoms with Crippen LogP contribution in [0.4, 0.5) is 10.1 Å². The Kier molecular flexibility index (Phi) is 6.57. The molecule has 3 aromatic rings. The van der Waals surface area contributed by atoms with Crippen LogP contribution in [0, 0.1) is 19.7 Å². The molecule has 3 rings (SSSR count). The summed E-state index contributed by atoms with van der Waals surface area (Å²) in [7, 11) is 1.62. The molecule has 3 aromatic carbocycles. The Morgan fingerprint density at radius 2 is 1.75 bits per heavy atom. The van der Waals surface area contributed by atoms with Crippen molar-refractivity contribution in [1.82, 2.24) is 0 Å². The summed E-state index contributed by atoms with van der Waals surface area (Å²) in [5, 5.41) is 3.48. The summed E-state index contributed by atoms with van der Waals surface area (Å²) in [5.41, 5.74) is 5.57. The lowest BCUT2D eigenvalue weighted by Gasteiger charge is -2.16. The first-order valence-corrected chi connectivity index (χ1v) is 9.81. The van der Waals surface area contributed by atoms with Gasteiger partial charge in [0.15, 0.2) is 11.5 Å². The first-order valence-electron chi connectivity index (χ1n) is 9.01. The molecule has 0 saturated heterocycles. The molecule has 0 heterocycles. The highest BCUT2D eigenvalue weighted by atomic mass is 79.9. The molecule has 28 heavy (non-hydrogen) atoms. The molecule has 5 heteroatoms. The third kappa shape index (κ3) is 4.84. The fourth-order valence-electron chi connectivity index (χ4n) is 2.89. The average molecular weight is 444 g/mol. The maximum absolute atomic E-state index is 13.0. The van der Waals surface area contributed by atoms with E-state index in [2.05, 4.69) is 47.2 Å². The largest absolute Gasteiger partial charge is 0.493 e. The van der Waals surface area contributed by atoms with Gasteiger partial charge in [0.05, 0.1) is 11.6 Å². The first-order chi connectivity index (χ1) is 13.5. The second-order valence-corrected chi connectivity index (χ2v) is 7.48. The Labute approximate surface area is 173 Å². The molecule has 0 spiro atoms. The summed E-state index contributed by atoms with van der Waals surface area (Å²) in [6.07, 6.45) is 0. The molecule has 0 saturated carbocycles. The van der Waals surface area contributed by atoms with Gasteiger partial charge in [0, 0.05) is 12.2 Å². The Morgan fingerprint density at radius 3 is 2.46 bits per heavy atom. The zero-order valence-electron chi connectivity index (χ0n) is 16.2. The molecule has 146 valence electrons. The molecule has 0 unspecified atom stereocenters. The molecule has 0 aliphatic heterocycles. The van der Waals surface area contributed by atoms with Gasteiger partial charge in [-0.1, -0.05) is 24.3 Å². The van der Waals surface area contributed by atoms with Gasteiger partial charge in [-0.15, -0.1) is 0 Å². The van der Waals surface area contributed by atoms with E-state index in [-0.39, 0.29) is 5.82 Å². The summed E-state index contributed by atoms with van der Waals surface area (Å²) in [5.74, 6) is 1.01. The van der Waals surface area contributed by atoms with Gasteiger partial charge < -0.3 is 14.8 Å². The fourth-order valence-corrected chi connectivity index (χ4v) is 3.50. The van der Waals surface area contributed by atoms with Crippen molar-refractivity contribution in [2.75, 3.05) is 12.4 Å². The minimum absolute atomic E-state index is 0.261. The Bertz CT molecular complexity index is 958. The molecule has 0 fully saturated rings. The zero-order valence-corrected chi connectivity index (χ0v) is 17.8. The third-order valence-electron chi connectivity index (χ3n) is 4.67. The van der Waals surface area contributed by atoms with Crippen molar-refractivity contribution in [3.05, 3.63) is 87.1 Å². The Hall–Kier alpha value is -2.53. The van der Waals surface area contributed by atoms with Crippen LogP contribution in [0.3, 0.4) is 0 Å². The first kappa shape index (κ1) is 20.2. The summed E-state index contributed by atoms with van der Waals surface area (Å²) in [6.45, 7) is 5.21. The number of nitrogens with one attached hydrogen (secondary N) is 1. The minimum Gasteiger partial charge on any atom is -0.493 e. The second kappa shape index (κ2) is 9.11. The van der Waals surface area contributed by atoms with Crippen molar-refractivity contribution in [3.63, 3.8) is 0 Å². The summed E-state index contributed by atoms with van der Waals surface area (Å²) in [4.78, 5) is 0. The van der Waals surface area contributed by atoms with Crippen molar-refractivity contribution in [1.29, 1.82) is 0 Å². The van der Waals surface area contributed by atoms with Gasteiger partial charge in [0.1, 0.15) is 12.4 Å². The molecular weight excluding hydrogens is 421 g/mol. The van der Waals surface area contributed by atoms with Gasteiger partial charge in [-0.25, -0.2) is 4.39 Å². The number of benzene rings is 3. The topological polar surface area (TPSA) is 30.5 Å². The number of hydrogen-bond acceptors (Lipinski definition) is 3. The van der Waals surface area contributed by atoms with Crippen LogP contribution in [-0.4, -0.2) is 7.11 Å². The molecule has 0 aliphatic carbocycles. The molecule has 0 bridgehead atoms. The number of methoxy groups -OCH3 is 1. The maximum atomic E-state index is 13.0. The average Bonchev–Trinajstić information content (AvgIpc) is 2.69. The number of rotatable bonds is 7. The van der Waals surface area contributed by atoms with Crippen LogP contribution in [0.5, 0.6) is 11.5 Å². The number of hydrogen-bond donors (Lipinski definition) is 1. The quantitative estimate of drug-likeness (QED) is 0.457. The van der Waals surface area contributed by atoms with E-state index >= 15 is 0 Å². The molecule has 0 aliphatic rings. The van der Waals surface area contributed by atoms with Crippen LogP contribution in [0.1, 0.15) is 22.3 Å². The van der Waals surface area contributed by atoms with Crippen molar-refractivity contribution in [2.24, 2.45) is 0 Å². The molecule has 0 amide bonds. The van der Waals surface area contributed by atoms with E-state index in [0.29, 0.717) is 24.7 Å². The van der Waals surface area contributed by atoms with Crippen LogP contribution in [0.2, 0.25) is 0 Å². The van der Waals surface area contributed by atoms with Crippen LogP contribution in [0.15, 0.2) is 59.1 Å². The van der Waals surface area contributed by atoms with E-state index in [4.69, 9.17) is 9.47 Å². The van der Waals surface area contributed by atoms with Gasteiger partial charge in [0.2, 0.25) is 0 Å². The molecular formula is C23H23BrFNO2. The highest BCUT2D eigenvalue weighted by Gasteiger charge is 2.12. The smallest absolute Gasteiger partial charge is 0.175 e. The van der Waals surface area contributed by atoms with Gasteiger partial charge >= 0.3 is 0 Å². The van der Waals surface area contributed by atoms with Crippen LogP contribution >= 0.6 is 15.9 Å². The van der Waals surface area contributed by atoms with Gasteiger partial charge in [0.25, 0.3) is 0 Å². The normalized spacial score (nSPS) is 10.6. The predicted molar refractivity (Wildman–Crippen MR) is 115 cm³/mol. The third-order valence-corrected chi connectivity index (χ3v) is 5.26. The van der Waals surface area contributed by atoms with E-state index in [0.717, 1.165) is 21.3 Å². The maximum Gasteiger partial charge on any atom is 0.175 e. The number of aryl methyl sites for hydroxylation is 1. The minimum atomic E-state index is -0.261.